The van der Waals surface area contributed by atoms with E-state index in [1.165, 1.54) is 34.9 Å². The highest BCUT2D eigenvalue weighted by Crippen LogP contribution is 2.62. The molecule has 0 aliphatic heterocycles. The highest BCUT2D eigenvalue weighted by atomic mass is 32.2. The lowest BCUT2D eigenvalue weighted by molar-refractivity contribution is 0.0616. The summed E-state index contributed by atoms with van der Waals surface area (Å²) in [5.74, 6) is 2.76. The van der Waals surface area contributed by atoms with Crippen LogP contribution in [0.25, 0.3) is 0 Å². The van der Waals surface area contributed by atoms with Crippen LogP contribution in [-0.4, -0.2) is 19.9 Å². The van der Waals surface area contributed by atoms with Gasteiger partial charge in [-0.1, -0.05) is 50.2 Å². The van der Waals surface area contributed by atoms with Gasteiger partial charge in [-0.15, -0.1) is 0 Å². The van der Waals surface area contributed by atoms with E-state index in [0.29, 0.717) is 24.4 Å². The van der Waals surface area contributed by atoms with Crippen molar-refractivity contribution in [2.45, 2.75) is 76.6 Å². The molecule has 0 radical (unpaired) electrons. The Morgan fingerprint density at radius 1 is 1.06 bits per heavy atom. The Labute approximate surface area is 193 Å². The van der Waals surface area contributed by atoms with E-state index in [0.717, 1.165) is 44.3 Å². The first-order valence-corrected chi connectivity index (χ1v) is 14.3. The van der Waals surface area contributed by atoms with Gasteiger partial charge in [0.25, 0.3) is 0 Å². The molecule has 5 atom stereocenters. The molecule has 3 aliphatic carbocycles. The van der Waals surface area contributed by atoms with Crippen molar-refractivity contribution in [3.63, 3.8) is 0 Å². The normalized spacial score (nSPS) is 31.5. The number of benzene rings is 2. The zero-order chi connectivity index (χ0) is 22.5. The van der Waals surface area contributed by atoms with Crippen molar-refractivity contribution in [2.75, 3.05) is 6.26 Å². The number of sulfone groups is 1. The molecule has 0 amide bonds. The first kappa shape index (κ1) is 22.0. The predicted octanol–water partition coefficient (Wildman–Crippen LogP) is 6.10. The van der Waals surface area contributed by atoms with Crippen LogP contribution in [0.3, 0.4) is 0 Å². The zero-order valence-corrected chi connectivity index (χ0v) is 20.5. The third kappa shape index (κ3) is 3.69. The van der Waals surface area contributed by atoms with Crippen LogP contribution in [0.1, 0.15) is 74.1 Å². The number of fused-ring (bicyclic) bond motifs is 5. The Morgan fingerprint density at radius 2 is 1.84 bits per heavy atom. The molecule has 3 aliphatic rings. The fraction of sp³-hybridized carbons (Fsp3) is 0.571. The topological polar surface area (TPSA) is 43.4 Å². The highest BCUT2D eigenvalue weighted by molar-refractivity contribution is 7.91. The van der Waals surface area contributed by atoms with Gasteiger partial charge in [-0.3, -0.25) is 0 Å². The molecule has 3 nitrogen and oxygen atoms in total. The maximum Gasteiger partial charge on any atom is 0.150 e. The van der Waals surface area contributed by atoms with Crippen LogP contribution in [0.5, 0.6) is 5.75 Å². The average Bonchev–Trinajstić information content (AvgIpc) is 3.15. The van der Waals surface area contributed by atoms with Crippen molar-refractivity contribution in [3.05, 3.63) is 64.7 Å². The van der Waals surface area contributed by atoms with E-state index in [4.69, 9.17) is 4.74 Å². The SMILES string of the molecule is CCc1cc2c(cc1OCc1ccccc1)CC[C@@H]1[C@@H]2CC[C@@]2(C)[C@H]1CC[C@@H]2S(C)(=O)=O. The molecule has 0 bridgehead atoms. The van der Waals surface area contributed by atoms with Crippen LogP contribution in [-0.2, 0) is 29.3 Å². The summed E-state index contributed by atoms with van der Waals surface area (Å²) in [5.41, 5.74) is 5.43. The maximum absolute atomic E-state index is 12.5. The summed E-state index contributed by atoms with van der Waals surface area (Å²) in [4.78, 5) is 0. The number of hydrogen-bond acceptors (Lipinski definition) is 3. The van der Waals surface area contributed by atoms with Crippen LogP contribution >= 0.6 is 0 Å². The zero-order valence-electron chi connectivity index (χ0n) is 19.6. The minimum atomic E-state index is -2.99. The molecule has 2 saturated carbocycles. The number of hydrogen-bond donors (Lipinski definition) is 0. The van der Waals surface area contributed by atoms with Crippen molar-refractivity contribution < 1.29 is 13.2 Å². The van der Waals surface area contributed by atoms with Crippen LogP contribution in [0.2, 0.25) is 0 Å². The van der Waals surface area contributed by atoms with Gasteiger partial charge in [0.15, 0.2) is 9.84 Å². The fourth-order valence-electron chi connectivity index (χ4n) is 7.45. The molecule has 0 spiro atoms. The van der Waals surface area contributed by atoms with E-state index < -0.39 is 9.84 Å². The van der Waals surface area contributed by atoms with Crippen molar-refractivity contribution in [2.24, 2.45) is 17.3 Å². The number of rotatable bonds is 5. The van der Waals surface area contributed by atoms with Crippen LogP contribution in [0.4, 0.5) is 0 Å². The van der Waals surface area contributed by atoms with Gasteiger partial charge in [0.2, 0.25) is 0 Å². The highest BCUT2D eigenvalue weighted by Gasteiger charge is 2.57. The van der Waals surface area contributed by atoms with Gasteiger partial charge in [0.05, 0.1) is 5.25 Å². The summed E-state index contributed by atoms with van der Waals surface area (Å²) in [7, 11) is -2.99. The Kier molecular flexibility index (Phi) is 5.64. The first-order valence-electron chi connectivity index (χ1n) is 12.3. The predicted molar refractivity (Wildman–Crippen MR) is 130 cm³/mol. The summed E-state index contributed by atoms with van der Waals surface area (Å²) in [6, 6.07) is 15.1. The van der Waals surface area contributed by atoms with E-state index in [1.54, 1.807) is 0 Å². The van der Waals surface area contributed by atoms with Crippen molar-refractivity contribution in [3.8, 4) is 5.75 Å². The van der Waals surface area contributed by atoms with Gasteiger partial charge in [0.1, 0.15) is 12.4 Å². The minimum absolute atomic E-state index is 0.0431. The van der Waals surface area contributed by atoms with Crippen LogP contribution in [0, 0.1) is 17.3 Å². The molecule has 4 heteroatoms. The van der Waals surface area contributed by atoms with E-state index in [1.807, 2.05) is 6.07 Å². The monoisotopic (exact) mass is 452 g/mol. The molecular formula is C28H36O3S. The van der Waals surface area contributed by atoms with Gasteiger partial charge in [0, 0.05) is 6.26 Å². The van der Waals surface area contributed by atoms with Gasteiger partial charge in [-0.25, -0.2) is 8.42 Å². The minimum Gasteiger partial charge on any atom is -0.489 e. The Hall–Kier alpha value is -1.81. The first-order chi connectivity index (χ1) is 15.3. The summed E-state index contributed by atoms with van der Waals surface area (Å²) in [5, 5.41) is -0.151. The summed E-state index contributed by atoms with van der Waals surface area (Å²) in [6.45, 7) is 5.09. The molecule has 0 N–H and O–H groups in total. The summed E-state index contributed by atoms with van der Waals surface area (Å²) < 4.78 is 31.3. The molecule has 2 fully saturated rings. The van der Waals surface area contributed by atoms with E-state index >= 15 is 0 Å². The average molecular weight is 453 g/mol. The molecule has 5 rings (SSSR count). The largest absolute Gasteiger partial charge is 0.489 e. The van der Waals surface area contributed by atoms with Crippen molar-refractivity contribution >= 4 is 9.84 Å². The van der Waals surface area contributed by atoms with Crippen LogP contribution in [0.15, 0.2) is 42.5 Å². The number of aryl methyl sites for hydroxylation is 2. The van der Waals surface area contributed by atoms with E-state index in [9.17, 15) is 8.42 Å². The van der Waals surface area contributed by atoms with E-state index in [2.05, 4.69) is 50.2 Å². The molecular weight excluding hydrogens is 416 g/mol. The second-order valence-corrected chi connectivity index (χ2v) is 12.9. The lowest BCUT2D eigenvalue weighted by atomic mass is 9.55. The maximum atomic E-state index is 12.5. The molecule has 0 heterocycles. The second kappa shape index (κ2) is 8.20. The summed E-state index contributed by atoms with van der Waals surface area (Å²) in [6.07, 6.45) is 8.75. The Bertz CT molecular complexity index is 1090. The third-order valence-electron chi connectivity index (χ3n) is 8.95. The standard InChI is InChI=1S/C28H36O3S/c1-4-20-16-24-21(17-26(20)31-18-19-8-6-5-7-9-19)10-11-23-22(24)14-15-28(2)25(23)12-13-27(28)32(3,29)30/h5-9,16-17,22-23,25,27H,4,10-15,18H2,1-3H3/t22-,23+,25-,27-,28-/m0/s1. The molecule has 0 saturated heterocycles. The molecule has 32 heavy (non-hydrogen) atoms. The van der Waals surface area contributed by atoms with Gasteiger partial charge in [-0.05, 0) is 96.4 Å². The van der Waals surface area contributed by atoms with E-state index in [-0.39, 0.29) is 10.7 Å². The second-order valence-electron chi connectivity index (χ2n) is 10.6. The molecule has 0 unspecified atom stereocenters. The third-order valence-corrected chi connectivity index (χ3v) is 10.8. The summed E-state index contributed by atoms with van der Waals surface area (Å²) >= 11 is 0. The quantitative estimate of drug-likeness (QED) is 0.551. The smallest absolute Gasteiger partial charge is 0.150 e. The fourth-order valence-corrected chi connectivity index (χ4v) is 9.28. The Balaban J connectivity index is 1.41. The lowest BCUT2D eigenvalue weighted by Crippen LogP contribution is -2.46. The number of ether oxygens (including phenoxy) is 1. The Morgan fingerprint density at radius 3 is 2.56 bits per heavy atom. The molecule has 2 aromatic carbocycles. The van der Waals surface area contributed by atoms with Crippen LogP contribution < -0.4 is 4.74 Å². The molecule has 172 valence electrons. The van der Waals surface area contributed by atoms with Gasteiger partial charge in [-0.2, -0.15) is 0 Å². The molecule has 0 aromatic heterocycles. The van der Waals surface area contributed by atoms with Crippen molar-refractivity contribution in [1.82, 2.24) is 0 Å². The van der Waals surface area contributed by atoms with Gasteiger partial charge < -0.3 is 4.74 Å². The lowest BCUT2D eigenvalue weighted by Gasteiger charge is -2.50. The van der Waals surface area contributed by atoms with Crippen molar-refractivity contribution in [1.29, 1.82) is 0 Å². The molecule has 2 aromatic rings. The van der Waals surface area contributed by atoms with Gasteiger partial charge >= 0.3 is 0 Å².